The molecule has 1 aliphatic heterocycles. The van der Waals surface area contributed by atoms with Gasteiger partial charge in [-0.3, -0.25) is 9.32 Å². The molecule has 2 heterocycles. The van der Waals surface area contributed by atoms with Gasteiger partial charge in [-0.05, 0) is 49.6 Å². The third kappa shape index (κ3) is 7.41. The Morgan fingerprint density at radius 1 is 1.32 bits per heavy atom. The number of ether oxygens (including phenoxy) is 1. The number of amides is 1. The Morgan fingerprint density at radius 3 is 2.58 bits per heavy atom. The fourth-order valence-corrected chi connectivity index (χ4v) is 3.16. The Labute approximate surface area is 183 Å². The number of rotatable bonds is 7. The van der Waals surface area contributed by atoms with Crippen molar-refractivity contribution < 1.29 is 23.8 Å². The number of carbonyl (C=O) groups excluding carboxylic acids is 1. The van der Waals surface area contributed by atoms with E-state index >= 15 is 0 Å². The van der Waals surface area contributed by atoms with Crippen molar-refractivity contribution in [3.05, 3.63) is 59.8 Å². The molecule has 1 saturated heterocycles. The van der Waals surface area contributed by atoms with E-state index in [4.69, 9.17) is 26.0 Å². The molecule has 168 valence electrons. The van der Waals surface area contributed by atoms with Crippen LogP contribution in [0.3, 0.4) is 0 Å². The Kier molecular flexibility index (Phi) is 9.55. The lowest BCUT2D eigenvalue weighted by Crippen LogP contribution is -2.25. The van der Waals surface area contributed by atoms with E-state index in [2.05, 4.69) is 16.1 Å². The SMILES string of the molecule is C=CC(=O)N1CCCC1.Cc1c[nH]c(N)c1/C=C(\N)c1ccccc1OCOP(O)O. The number of aromatic nitrogens is 1. The summed E-state index contributed by atoms with van der Waals surface area (Å²) < 4.78 is 9.96. The maximum Gasteiger partial charge on any atom is 0.330 e. The van der Waals surface area contributed by atoms with Crippen LogP contribution < -0.4 is 16.2 Å². The Morgan fingerprint density at radius 2 is 2.00 bits per heavy atom. The number of likely N-dealkylation sites (tertiary alicyclic amines) is 1. The lowest BCUT2D eigenvalue weighted by molar-refractivity contribution is -0.124. The molecule has 9 nitrogen and oxygen atoms in total. The average molecular weight is 448 g/mol. The molecule has 0 aliphatic carbocycles. The largest absolute Gasteiger partial charge is 0.466 e. The van der Waals surface area contributed by atoms with Gasteiger partial charge in [0.25, 0.3) is 0 Å². The van der Waals surface area contributed by atoms with Crippen LogP contribution >= 0.6 is 8.60 Å². The minimum atomic E-state index is -2.46. The Hall–Kier alpha value is -2.84. The molecule has 7 N–H and O–H groups in total. The maximum absolute atomic E-state index is 10.8. The van der Waals surface area contributed by atoms with Gasteiger partial charge < -0.3 is 35.9 Å². The van der Waals surface area contributed by atoms with E-state index in [0.29, 0.717) is 22.8 Å². The number of H-pyrrole nitrogens is 1. The van der Waals surface area contributed by atoms with Crippen LogP contribution in [0, 0.1) is 6.92 Å². The van der Waals surface area contributed by atoms with Gasteiger partial charge in [0, 0.05) is 36.1 Å². The molecule has 2 aromatic rings. The third-order valence-corrected chi connectivity index (χ3v) is 4.97. The molecule has 0 saturated carbocycles. The second kappa shape index (κ2) is 12.1. The number of aryl methyl sites for hydroxylation is 1. The first-order chi connectivity index (χ1) is 14.8. The molecular weight excluding hydrogens is 419 g/mol. The number of carbonyl (C=O) groups is 1. The quantitative estimate of drug-likeness (QED) is 0.249. The normalized spacial score (nSPS) is 13.7. The summed E-state index contributed by atoms with van der Waals surface area (Å²) in [4.78, 5) is 33.0. The van der Waals surface area contributed by atoms with Crippen molar-refractivity contribution in [1.29, 1.82) is 0 Å². The van der Waals surface area contributed by atoms with E-state index in [1.165, 1.54) is 6.08 Å². The Bertz CT molecular complexity index is 887. The van der Waals surface area contributed by atoms with Gasteiger partial charge >= 0.3 is 8.60 Å². The first kappa shape index (κ1) is 24.4. The highest BCUT2D eigenvalue weighted by Gasteiger charge is 2.14. The van der Waals surface area contributed by atoms with Crippen LogP contribution in [0.4, 0.5) is 5.82 Å². The first-order valence-corrected chi connectivity index (χ1v) is 10.8. The lowest BCUT2D eigenvalue weighted by Gasteiger charge is -2.12. The van der Waals surface area contributed by atoms with Crippen molar-refractivity contribution in [3.63, 3.8) is 0 Å². The van der Waals surface area contributed by atoms with Crippen LogP contribution in [-0.2, 0) is 9.32 Å². The topological polar surface area (TPSA) is 147 Å². The number of nitrogens with zero attached hydrogens (tertiary/aromatic N) is 1. The summed E-state index contributed by atoms with van der Waals surface area (Å²) in [6.07, 6.45) is 7.25. The fraction of sp³-hybridized carbons (Fsp3) is 0.286. The van der Waals surface area contributed by atoms with Crippen molar-refractivity contribution in [3.8, 4) is 5.75 Å². The predicted octanol–water partition coefficient (Wildman–Crippen LogP) is 2.72. The van der Waals surface area contributed by atoms with Crippen molar-refractivity contribution in [2.45, 2.75) is 19.8 Å². The molecule has 10 heteroatoms. The van der Waals surface area contributed by atoms with Crippen LogP contribution in [0.25, 0.3) is 11.8 Å². The molecule has 1 aromatic heterocycles. The molecule has 0 radical (unpaired) electrons. The monoisotopic (exact) mass is 448 g/mol. The van der Waals surface area contributed by atoms with Crippen LogP contribution in [0.1, 0.15) is 29.5 Å². The molecule has 1 fully saturated rings. The van der Waals surface area contributed by atoms with E-state index in [1.54, 1.807) is 30.5 Å². The summed E-state index contributed by atoms with van der Waals surface area (Å²) >= 11 is 0. The molecule has 0 atom stereocenters. The second-order valence-corrected chi connectivity index (χ2v) is 7.54. The molecule has 1 amide bonds. The number of nitrogen functional groups attached to an aromatic ring is 1. The predicted molar refractivity (Wildman–Crippen MR) is 122 cm³/mol. The van der Waals surface area contributed by atoms with Gasteiger partial charge in [0.1, 0.15) is 11.6 Å². The van der Waals surface area contributed by atoms with E-state index in [9.17, 15) is 4.79 Å². The zero-order valence-electron chi connectivity index (χ0n) is 17.5. The highest BCUT2D eigenvalue weighted by Crippen LogP contribution is 2.29. The van der Waals surface area contributed by atoms with Gasteiger partial charge in [-0.2, -0.15) is 0 Å². The standard InChI is InChI=1S/C14H18N3O4P.C7H11NO/c1-9-7-17-14(16)11(9)6-12(15)10-4-2-3-5-13(10)20-8-21-22(18)19;1-2-7(9)8-5-3-4-6-8/h2-7,17-19H,8,15-16H2,1H3;2H,1,3-6H2/b12-6-;. The number of nitrogens with one attached hydrogen (secondary N) is 1. The van der Waals surface area contributed by atoms with Crippen LogP contribution in [0.5, 0.6) is 5.75 Å². The molecule has 0 spiro atoms. The van der Waals surface area contributed by atoms with Crippen LogP contribution in [0.15, 0.2) is 43.1 Å². The molecule has 3 rings (SSSR count). The number of hydrogen-bond donors (Lipinski definition) is 5. The second-order valence-electron chi connectivity index (χ2n) is 6.78. The minimum absolute atomic E-state index is 0.0764. The van der Waals surface area contributed by atoms with Gasteiger partial charge in [-0.25, -0.2) is 0 Å². The zero-order valence-corrected chi connectivity index (χ0v) is 18.3. The number of aromatic amines is 1. The van der Waals surface area contributed by atoms with E-state index in [0.717, 1.165) is 37.1 Å². The first-order valence-electron chi connectivity index (χ1n) is 9.68. The Balaban J connectivity index is 0.000000316. The molecule has 1 aromatic carbocycles. The van der Waals surface area contributed by atoms with Crippen molar-refractivity contribution in [2.24, 2.45) is 5.73 Å². The maximum atomic E-state index is 10.8. The number of benzene rings is 1. The summed E-state index contributed by atoms with van der Waals surface area (Å²) in [5, 5.41) is 0. The highest BCUT2D eigenvalue weighted by molar-refractivity contribution is 7.39. The number of hydrogen-bond acceptors (Lipinski definition) is 7. The van der Waals surface area contributed by atoms with E-state index in [-0.39, 0.29) is 12.7 Å². The van der Waals surface area contributed by atoms with Gasteiger partial charge in [-0.15, -0.1) is 0 Å². The average Bonchev–Trinajstić information content (AvgIpc) is 3.40. The van der Waals surface area contributed by atoms with Crippen molar-refractivity contribution in [2.75, 3.05) is 25.6 Å². The highest BCUT2D eigenvalue weighted by atomic mass is 31.2. The van der Waals surface area contributed by atoms with E-state index < -0.39 is 8.60 Å². The number of anilines is 1. The summed E-state index contributed by atoms with van der Waals surface area (Å²) in [5.74, 6) is 1.08. The molecule has 31 heavy (non-hydrogen) atoms. The van der Waals surface area contributed by atoms with Crippen molar-refractivity contribution in [1.82, 2.24) is 9.88 Å². The summed E-state index contributed by atoms with van der Waals surface area (Å²) in [6.45, 7) is 6.90. The summed E-state index contributed by atoms with van der Waals surface area (Å²) in [7, 11) is -2.46. The third-order valence-electron chi connectivity index (χ3n) is 4.63. The fourth-order valence-electron chi connectivity index (χ4n) is 3.01. The van der Waals surface area contributed by atoms with Crippen LogP contribution in [-0.4, -0.2) is 45.5 Å². The van der Waals surface area contributed by atoms with Gasteiger partial charge in [-0.1, -0.05) is 18.7 Å². The lowest BCUT2D eigenvalue weighted by atomic mass is 10.1. The summed E-state index contributed by atoms with van der Waals surface area (Å²) in [6, 6.07) is 7.11. The molecule has 1 aliphatic rings. The molecular formula is C21H29N4O5P. The van der Waals surface area contributed by atoms with E-state index in [1.807, 2.05) is 17.9 Å². The number of para-hydroxylation sites is 1. The summed E-state index contributed by atoms with van der Waals surface area (Å²) in [5.41, 5.74) is 14.9. The van der Waals surface area contributed by atoms with Crippen LogP contribution in [0.2, 0.25) is 0 Å². The smallest absolute Gasteiger partial charge is 0.330 e. The number of nitrogens with two attached hydrogens (primary N) is 2. The van der Waals surface area contributed by atoms with Gasteiger partial charge in [0.2, 0.25) is 5.91 Å². The zero-order chi connectivity index (χ0) is 22.8. The minimum Gasteiger partial charge on any atom is -0.466 e. The van der Waals surface area contributed by atoms with Gasteiger partial charge in [0.15, 0.2) is 6.79 Å². The molecule has 0 unspecified atom stereocenters. The van der Waals surface area contributed by atoms with Gasteiger partial charge in [0.05, 0.1) is 0 Å². The molecule has 0 bridgehead atoms. The van der Waals surface area contributed by atoms with Crippen molar-refractivity contribution >= 4 is 32.1 Å².